The molecular formula is C26H21NO. The Morgan fingerprint density at radius 1 is 0.857 bits per heavy atom. The van der Waals surface area contributed by atoms with Crippen LogP contribution in [0.3, 0.4) is 0 Å². The number of hydrogen-bond acceptors (Lipinski definition) is 1. The lowest BCUT2D eigenvalue weighted by Gasteiger charge is -2.25. The van der Waals surface area contributed by atoms with Crippen molar-refractivity contribution in [2.75, 3.05) is 0 Å². The van der Waals surface area contributed by atoms with Gasteiger partial charge in [-0.2, -0.15) is 0 Å². The van der Waals surface area contributed by atoms with Crippen LogP contribution in [0.25, 0.3) is 45.0 Å². The van der Waals surface area contributed by atoms with Gasteiger partial charge in [-0.05, 0) is 41.8 Å². The number of aromatic amines is 1. The largest absolute Gasteiger partial charge is 0.456 e. The van der Waals surface area contributed by atoms with Crippen LogP contribution in [0.4, 0.5) is 0 Å². The van der Waals surface area contributed by atoms with E-state index in [-0.39, 0.29) is 5.41 Å². The molecule has 6 rings (SSSR count). The minimum absolute atomic E-state index is 0.105. The van der Waals surface area contributed by atoms with Crippen LogP contribution in [0.2, 0.25) is 0 Å². The van der Waals surface area contributed by atoms with Crippen molar-refractivity contribution in [2.24, 2.45) is 0 Å². The molecule has 2 heteroatoms. The molecule has 1 N–H and O–H groups in total. The van der Waals surface area contributed by atoms with Crippen LogP contribution < -0.4 is 10.6 Å². The first-order valence-corrected chi connectivity index (χ1v) is 9.85. The molecule has 5 aromatic rings. The second-order valence-corrected chi connectivity index (χ2v) is 8.38. The lowest BCUT2D eigenvalue weighted by atomic mass is 9.79. The minimum atomic E-state index is -0.105. The van der Waals surface area contributed by atoms with Crippen molar-refractivity contribution in [3.63, 3.8) is 0 Å². The maximum atomic E-state index is 6.17. The van der Waals surface area contributed by atoms with Crippen LogP contribution in [-0.4, -0.2) is 4.98 Å². The summed E-state index contributed by atoms with van der Waals surface area (Å²) in [4.78, 5) is 3.62. The Hall–Kier alpha value is -3.26. The number of rotatable bonds is 0. The molecular weight excluding hydrogens is 342 g/mol. The quantitative estimate of drug-likeness (QED) is 0.404. The number of furan rings is 1. The standard InChI is InChI=1S/C26H21NO/c1-26(2)15-23-18(17-7-3-5-9-22(17)27-23)12-11-16-13-20-19-8-4-6-10-24(19)28-25(20)14-21(16)26/h3-10,12-15,27H,11H2,1-2H3/b18-12-,23-15+. The summed E-state index contributed by atoms with van der Waals surface area (Å²) in [7, 11) is 0. The van der Waals surface area contributed by atoms with Gasteiger partial charge in [0.05, 0.1) is 0 Å². The molecule has 2 aromatic heterocycles. The average molecular weight is 363 g/mol. The highest BCUT2D eigenvalue weighted by Crippen LogP contribution is 2.36. The van der Waals surface area contributed by atoms with Crippen LogP contribution >= 0.6 is 0 Å². The number of H-pyrrole nitrogens is 1. The predicted molar refractivity (Wildman–Crippen MR) is 117 cm³/mol. The van der Waals surface area contributed by atoms with Gasteiger partial charge in [-0.15, -0.1) is 0 Å². The van der Waals surface area contributed by atoms with E-state index in [9.17, 15) is 0 Å². The molecule has 3 aromatic carbocycles. The molecule has 2 nitrogen and oxygen atoms in total. The number of aromatic nitrogens is 1. The van der Waals surface area contributed by atoms with Crippen LogP contribution in [0.1, 0.15) is 25.0 Å². The third kappa shape index (κ3) is 2.15. The molecule has 1 aliphatic rings. The molecule has 28 heavy (non-hydrogen) atoms. The number of nitrogens with one attached hydrogen (secondary N) is 1. The van der Waals surface area contributed by atoms with Crippen LogP contribution in [0.15, 0.2) is 65.1 Å². The van der Waals surface area contributed by atoms with Gasteiger partial charge in [0, 0.05) is 37.7 Å². The maximum Gasteiger partial charge on any atom is 0.135 e. The summed E-state index contributed by atoms with van der Waals surface area (Å²) in [5.41, 5.74) is 5.72. The summed E-state index contributed by atoms with van der Waals surface area (Å²) in [6, 6.07) is 21.5. The van der Waals surface area contributed by atoms with Crippen molar-refractivity contribution >= 4 is 45.0 Å². The molecule has 0 spiro atoms. The van der Waals surface area contributed by atoms with E-state index in [2.05, 4.69) is 79.5 Å². The highest BCUT2D eigenvalue weighted by molar-refractivity contribution is 6.05. The molecule has 0 saturated carbocycles. The third-order valence-electron chi connectivity index (χ3n) is 6.10. The molecule has 0 aliphatic heterocycles. The molecule has 0 radical (unpaired) electrons. The van der Waals surface area contributed by atoms with Gasteiger partial charge in [0.15, 0.2) is 0 Å². The fourth-order valence-corrected chi connectivity index (χ4v) is 4.75. The lowest BCUT2D eigenvalue weighted by Crippen LogP contribution is -2.30. The Kier molecular flexibility index (Phi) is 3.03. The van der Waals surface area contributed by atoms with E-state index >= 15 is 0 Å². The second-order valence-electron chi connectivity index (χ2n) is 8.38. The molecule has 1 aliphatic carbocycles. The molecule has 0 bridgehead atoms. The van der Waals surface area contributed by atoms with Crippen molar-refractivity contribution < 1.29 is 4.42 Å². The summed E-state index contributed by atoms with van der Waals surface area (Å²) >= 11 is 0. The number of benzene rings is 3. The maximum absolute atomic E-state index is 6.17. The van der Waals surface area contributed by atoms with Crippen LogP contribution in [0.5, 0.6) is 0 Å². The monoisotopic (exact) mass is 363 g/mol. The normalized spacial score (nSPS) is 17.9. The fourth-order valence-electron chi connectivity index (χ4n) is 4.75. The molecule has 0 atom stereocenters. The van der Waals surface area contributed by atoms with Gasteiger partial charge in [-0.1, -0.05) is 62.4 Å². The summed E-state index contributed by atoms with van der Waals surface area (Å²) < 4.78 is 6.17. The van der Waals surface area contributed by atoms with Crippen molar-refractivity contribution in [3.8, 4) is 0 Å². The fraction of sp³-hybridized carbons (Fsp3) is 0.154. The van der Waals surface area contributed by atoms with Crippen LogP contribution in [0, 0.1) is 0 Å². The Labute approximate surface area is 162 Å². The van der Waals surface area contributed by atoms with Gasteiger partial charge in [0.2, 0.25) is 0 Å². The number of para-hydroxylation sites is 2. The molecule has 0 amide bonds. The summed E-state index contributed by atoms with van der Waals surface area (Å²) in [6.45, 7) is 4.59. The highest BCUT2D eigenvalue weighted by Gasteiger charge is 2.24. The SMILES string of the molecule is CC1(C)/C=c2/[nH]c3ccccc3/c2=C/Cc2cc3c(cc21)oc1ccccc13. The van der Waals surface area contributed by atoms with Crippen LogP contribution in [-0.2, 0) is 11.8 Å². The van der Waals surface area contributed by atoms with E-state index in [1.54, 1.807) is 0 Å². The Bertz CT molecular complexity index is 1510. The van der Waals surface area contributed by atoms with E-state index in [1.165, 1.54) is 43.4 Å². The van der Waals surface area contributed by atoms with Crippen molar-refractivity contribution in [2.45, 2.75) is 25.7 Å². The third-order valence-corrected chi connectivity index (χ3v) is 6.10. The highest BCUT2D eigenvalue weighted by atomic mass is 16.3. The van der Waals surface area contributed by atoms with Crippen molar-refractivity contribution in [3.05, 3.63) is 82.4 Å². The van der Waals surface area contributed by atoms with Gasteiger partial charge in [0.1, 0.15) is 11.2 Å². The predicted octanol–water partition coefficient (Wildman–Crippen LogP) is 5.16. The van der Waals surface area contributed by atoms with E-state index < -0.39 is 0 Å². The van der Waals surface area contributed by atoms with Gasteiger partial charge in [-0.25, -0.2) is 0 Å². The van der Waals surface area contributed by atoms with Gasteiger partial charge < -0.3 is 9.40 Å². The summed E-state index contributed by atoms with van der Waals surface area (Å²) in [6.07, 6.45) is 5.65. The average Bonchev–Trinajstić information content (AvgIpc) is 3.21. The zero-order valence-electron chi connectivity index (χ0n) is 16.0. The molecule has 136 valence electrons. The Balaban J connectivity index is 1.69. The van der Waals surface area contributed by atoms with E-state index in [0.717, 1.165) is 17.6 Å². The number of fused-ring (bicyclic) bond motifs is 7. The first kappa shape index (κ1) is 15.8. The number of hydrogen-bond donors (Lipinski definition) is 1. The van der Waals surface area contributed by atoms with Gasteiger partial charge in [0.25, 0.3) is 0 Å². The second kappa shape index (κ2) is 5.39. The summed E-state index contributed by atoms with van der Waals surface area (Å²) in [5.74, 6) is 0. The van der Waals surface area contributed by atoms with Gasteiger partial charge >= 0.3 is 0 Å². The van der Waals surface area contributed by atoms with Crippen molar-refractivity contribution in [1.82, 2.24) is 4.98 Å². The lowest BCUT2D eigenvalue weighted by molar-refractivity contribution is 0.659. The van der Waals surface area contributed by atoms with Gasteiger partial charge in [-0.3, -0.25) is 0 Å². The zero-order chi connectivity index (χ0) is 18.9. The minimum Gasteiger partial charge on any atom is -0.456 e. The van der Waals surface area contributed by atoms with E-state index in [4.69, 9.17) is 4.42 Å². The molecule has 2 heterocycles. The topological polar surface area (TPSA) is 28.9 Å². The first-order chi connectivity index (χ1) is 13.6. The van der Waals surface area contributed by atoms with Crippen molar-refractivity contribution in [1.29, 1.82) is 0 Å². The zero-order valence-corrected chi connectivity index (χ0v) is 16.0. The Morgan fingerprint density at radius 2 is 1.64 bits per heavy atom. The van der Waals surface area contributed by atoms with E-state index in [0.29, 0.717) is 0 Å². The smallest absolute Gasteiger partial charge is 0.135 e. The Morgan fingerprint density at radius 3 is 2.54 bits per heavy atom. The first-order valence-electron chi connectivity index (χ1n) is 9.85. The summed E-state index contributed by atoms with van der Waals surface area (Å²) in [5, 5.41) is 6.21. The molecule has 0 unspecified atom stereocenters. The molecule has 0 fully saturated rings. The van der Waals surface area contributed by atoms with E-state index in [1.807, 2.05) is 12.1 Å². The molecule has 0 saturated heterocycles.